The first kappa shape index (κ1) is 21.7. The van der Waals surface area contributed by atoms with E-state index in [0.717, 1.165) is 54.1 Å². The van der Waals surface area contributed by atoms with Crippen LogP contribution in [-0.2, 0) is 6.42 Å². The Kier molecular flexibility index (Phi) is 5.25. The Labute approximate surface area is 201 Å². The van der Waals surface area contributed by atoms with Gasteiger partial charge in [-0.1, -0.05) is 6.92 Å². The van der Waals surface area contributed by atoms with Crippen molar-refractivity contribution in [2.75, 3.05) is 38.1 Å². The number of hydrogen-bond acceptors (Lipinski definition) is 4. The Morgan fingerprint density at radius 3 is 2.26 bits per heavy atom. The third kappa shape index (κ3) is 3.93. The van der Waals surface area contributed by atoms with Crippen LogP contribution >= 0.6 is 0 Å². The standard InChI is InChI=1S/C27H26F2N6/c1-3-16-12-21(29)19(15-20(16)28)27-31-22-6-4-17(13-24(22)33-27)26-30-23-7-5-18(14-25(23)32-26)35-10-8-34(2)9-11-35/h4-7,12-15H,3,8-11H2,1-2H3,(H,30,32)(H,31,33). The molecule has 0 unspecified atom stereocenters. The fourth-order valence-corrected chi connectivity index (χ4v) is 4.72. The van der Waals surface area contributed by atoms with Crippen molar-refractivity contribution < 1.29 is 8.78 Å². The van der Waals surface area contributed by atoms with E-state index in [0.29, 0.717) is 23.3 Å². The number of nitrogens with zero attached hydrogens (tertiary/aromatic N) is 4. The van der Waals surface area contributed by atoms with Gasteiger partial charge in [0.25, 0.3) is 0 Å². The monoisotopic (exact) mass is 472 g/mol. The minimum atomic E-state index is -0.490. The van der Waals surface area contributed by atoms with E-state index in [9.17, 15) is 8.78 Å². The Hall–Kier alpha value is -3.78. The largest absolute Gasteiger partial charge is 0.369 e. The minimum absolute atomic E-state index is 0.123. The maximum atomic E-state index is 14.6. The van der Waals surface area contributed by atoms with Crippen molar-refractivity contribution in [2.45, 2.75) is 13.3 Å². The Morgan fingerprint density at radius 1 is 0.800 bits per heavy atom. The number of nitrogens with one attached hydrogen (secondary N) is 2. The summed E-state index contributed by atoms with van der Waals surface area (Å²) in [7, 11) is 2.15. The molecule has 1 aliphatic rings. The van der Waals surface area contributed by atoms with Gasteiger partial charge in [0.15, 0.2) is 0 Å². The highest BCUT2D eigenvalue weighted by molar-refractivity contribution is 5.87. The summed E-state index contributed by atoms with van der Waals surface area (Å²) in [5, 5.41) is 0. The second-order valence-electron chi connectivity index (χ2n) is 9.17. The molecule has 0 spiro atoms. The van der Waals surface area contributed by atoms with Gasteiger partial charge in [0.2, 0.25) is 0 Å². The molecule has 178 valence electrons. The summed E-state index contributed by atoms with van der Waals surface area (Å²) in [5.74, 6) is 0.134. The van der Waals surface area contributed by atoms with Gasteiger partial charge < -0.3 is 19.8 Å². The van der Waals surface area contributed by atoms with Gasteiger partial charge in [0, 0.05) is 37.4 Å². The molecule has 35 heavy (non-hydrogen) atoms. The van der Waals surface area contributed by atoms with Gasteiger partial charge in [-0.15, -0.1) is 0 Å². The number of fused-ring (bicyclic) bond motifs is 2. The molecule has 2 N–H and O–H groups in total. The number of aryl methyl sites for hydroxylation is 1. The van der Waals surface area contributed by atoms with E-state index in [4.69, 9.17) is 4.98 Å². The van der Waals surface area contributed by atoms with Crippen LogP contribution in [0.4, 0.5) is 14.5 Å². The number of benzene rings is 3. The summed E-state index contributed by atoms with van der Waals surface area (Å²) >= 11 is 0. The molecule has 0 saturated carbocycles. The molecule has 0 atom stereocenters. The quantitative estimate of drug-likeness (QED) is 0.369. The number of halogens is 2. The van der Waals surface area contributed by atoms with Gasteiger partial charge in [-0.25, -0.2) is 18.7 Å². The van der Waals surface area contributed by atoms with Crippen molar-refractivity contribution in [3.05, 3.63) is 65.7 Å². The van der Waals surface area contributed by atoms with Crippen LogP contribution in [0, 0.1) is 11.6 Å². The van der Waals surface area contributed by atoms with Crippen LogP contribution in [0.1, 0.15) is 12.5 Å². The second kappa shape index (κ2) is 8.46. The molecule has 8 heteroatoms. The van der Waals surface area contributed by atoms with E-state index in [2.05, 4.69) is 43.9 Å². The molecular formula is C27H26F2N6. The predicted molar refractivity (Wildman–Crippen MR) is 136 cm³/mol. The lowest BCUT2D eigenvalue weighted by atomic mass is 10.1. The summed E-state index contributed by atoms with van der Waals surface area (Å²) in [6, 6.07) is 14.5. The molecule has 2 aromatic heterocycles. The highest BCUT2D eigenvalue weighted by Gasteiger charge is 2.17. The smallest absolute Gasteiger partial charge is 0.141 e. The van der Waals surface area contributed by atoms with Gasteiger partial charge in [0.1, 0.15) is 23.3 Å². The first-order valence-electron chi connectivity index (χ1n) is 11.9. The van der Waals surface area contributed by atoms with Crippen molar-refractivity contribution in [1.82, 2.24) is 24.8 Å². The highest BCUT2D eigenvalue weighted by atomic mass is 19.1. The lowest BCUT2D eigenvalue weighted by molar-refractivity contribution is 0.313. The fourth-order valence-electron chi connectivity index (χ4n) is 4.72. The van der Waals surface area contributed by atoms with Crippen LogP contribution in [0.25, 0.3) is 44.8 Å². The lowest BCUT2D eigenvalue weighted by Gasteiger charge is -2.34. The van der Waals surface area contributed by atoms with Crippen molar-refractivity contribution >= 4 is 27.8 Å². The maximum Gasteiger partial charge on any atom is 0.141 e. The molecule has 6 nitrogen and oxygen atoms in total. The van der Waals surface area contributed by atoms with Crippen LogP contribution < -0.4 is 4.90 Å². The van der Waals surface area contributed by atoms with E-state index < -0.39 is 11.6 Å². The van der Waals surface area contributed by atoms with Crippen LogP contribution in [0.2, 0.25) is 0 Å². The number of piperazine rings is 1. The van der Waals surface area contributed by atoms with Gasteiger partial charge in [-0.3, -0.25) is 0 Å². The summed E-state index contributed by atoms with van der Waals surface area (Å²) in [6.07, 6.45) is 0.431. The average Bonchev–Trinajstić information content (AvgIpc) is 3.48. The number of H-pyrrole nitrogens is 2. The zero-order chi connectivity index (χ0) is 24.1. The van der Waals surface area contributed by atoms with Gasteiger partial charge in [-0.05, 0) is 67.6 Å². The van der Waals surface area contributed by atoms with Gasteiger partial charge in [-0.2, -0.15) is 0 Å². The Balaban J connectivity index is 1.33. The molecule has 0 amide bonds. The molecule has 1 fully saturated rings. The molecule has 1 saturated heterocycles. The van der Waals surface area contributed by atoms with Crippen LogP contribution in [0.3, 0.4) is 0 Å². The molecule has 0 aliphatic carbocycles. The van der Waals surface area contributed by atoms with E-state index in [1.807, 2.05) is 24.3 Å². The molecule has 3 heterocycles. The summed E-state index contributed by atoms with van der Waals surface area (Å²) in [6.45, 7) is 5.92. The van der Waals surface area contributed by atoms with E-state index in [-0.39, 0.29) is 5.56 Å². The number of aromatic amines is 2. The van der Waals surface area contributed by atoms with Crippen molar-refractivity contribution in [3.63, 3.8) is 0 Å². The first-order valence-corrected chi connectivity index (χ1v) is 11.9. The fraction of sp³-hybridized carbons (Fsp3) is 0.259. The number of rotatable bonds is 4. The maximum absolute atomic E-state index is 14.6. The van der Waals surface area contributed by atoms with E-state index >= 15 is 0 Å². The lowest BCUT2D eigenvalue weighted by Crippen LogP contribution is -2.44. The number of anilines is 1. The molecule has 0 bridgehead atoms. The molecule has 1 aliphatic heterocycles. The number of imidazole rings is 2. The van der Waals surface area contributed by atoms with Crippen molar-refractivity contribution in [2.24, 2.45) is 0 Å². The highest BCUT2D eigenvalue weighted by Crippen LogP contribution is 2.29. The van der Waals surface area contributed by atoms with Gasteiger partial charge in [0.05, 0.1) is 27.6 Å². The molecule has 3 aromatic carbocycles. The van der Waals surface area contributed by atoms with Gasteiger partial charge >= 0.3 is 0 Å². The normalized spacial score (nSPS) is 14.9. The summed E-state index contributed by atoms with van der Waals surface area (Å²) in [5.41, 5.74) is 5.85. The number of likely N-dealkylation sites (N-methyl/N-ethyl adjacent to an activating group) is 1. The van der Waals surface area contributed by atoms with E-state index in [1.54, 1.807) is 6.92 Å². The number of aromatic nitrogens is 4. The molecule has 6 rings (SSSR count). The molecular weight excluding hydrogens is 446 g/mol. The summed E-state index contributed by atoms with van der Waals surface area (Å²) < 4.78 is 28.9. The first-order chi connectivity index (χ1) is 17.0. The molecule has 0 radical (unpaired) electrons. The van der Waals surface area contributed by atoms with Crippen LogP contribution in [0.5, 0.6) is 0 Å². The zero-order valence-electron chi connectivity index (χ0n) is 19.7. The zero-order valence-corrected chi connectivity index (χ0v) is 19.7. The summed E-state index contributed by atoms with van der Waals surface area (Å²) in [4.78, 5) is 20.6. The topological polar surface area (TPSA) is 63.8 Å². The van der Waals surface area contributed by atoms with Crippen LogP contribution in [0.15, 0.2) is 48.5 Å². The molecule has 5 aromatic rings. The average molecular weight is 473 g/mol. The number of hydrogen-bond donors (Lipinski definition) is 2. The van der Waals surface area contributed by atoms with Crippen LogP contribution in [-0.4, -0.2) is 58.1 Å². The Morgan fingerprint density at radius 2 is 1.49 bits per heavy atom. The second-order valence-corrected chi connectivity index (χ2v) is 9.17. The third-order valence-corrected chi connectivity index (χ3v) is 6.86. The Bertz CT molecular complexity index is 1540. The third-order valence-electron chi connectivity index (χ3n) is 6.86. The van der Waals surface area contributed by atoms with E-state index in [1.165, 1.54) is 17.8 Å². The SMILES string of the molecule is CCc1cc(F)c(-c2nc3ccc(-c4nc5ccc(N6CCN(C)CC6)cc5[nH]4)cc3[nH]2)cc1F. The van der Waals surface area contributed by atoms with Crippen molar-refractivity contribution in [1.29, 1.82) is 0 Å². The predicted octanol–water partition coefficient (Wildman–Crippen LogP) is 5.37. The van der Waals surface area contributed by atoms with Crippen molar-refractivity contribution in [3.8, 4) is 22.8 Å². The minimum Gasteiger partial charge on any atom is -0.369 e.